The number of carbonyl (C=O) groups excluding carboxylic acids is 2. The second kappa shape index (κ2) is 9.51. The van der Waals surface area contributed by atoms with Gasteiger partial charge in [-0.2, -0.15) is 5.26 Å². The Labute approximate surface area is 152 Å². The molecular formula is C17H25N5O2S. The molecule has 1 aliphatic heterocycles. The summed E-state index contributed by atoms with van der Waals surface area (Å²) in [5, 5.41) is 17.1. The smallest absolute Gasteiger partial charge is 0.234 e. The second-order valence-electron chi connectivity index (χ2n) is 6.41. The number of piperazine rings is 1. The molecule has 8 heteroatoms. The third kappa shape index (κ3) is 6.46. The fraction of sp³-hybridized carbons (Fsp3) is 0.588. The monoisotopic (exact) mass is 363 g/mol. The maximum atomic E-state index is 12.0. The minimum atomic E-state index is -0.0716. The molecule has 0 spiro atoms. The Hall–Kier alpha value is -1.95. The van der Waals surface area contributed by atoms with E-state index in [4.69, 9.17) is 5.26 Å². The van der Waals surface area contributed by atoms with E-state index in [1.807, 2.05) is 13.8 Å². The Morgan fingerprint density at radius 1 is 1.24 bits per heavy atom. The molecule has 0 aliphatic carbocycles. The number of nitrogens with zero attached hydrogens (tertiary/aromatic N) is 3. The maximum absolute atomic E-state index is 12.0. The van der Waals surface area contributed by atoms with E-state index in [0.29, 0.717) is 30.1 Å². The first-order valence-corrected chi connectivity index (χ1v) is 9.37. The third-order valence-electron chi connectivity index (χ3n) is 3.98. The van der Waals surface area contributed by atoms with E-state index < -0.39 is 0 Å². The van der Waals surface area contributed by atoms with Crippen LogP contribution >= 0.6 is 11.3 Å². The van der Waals surface area contributed by atoms with Crippen LogP contribution in [-0.4, -0.2) is 66.9 Å². The predicted octanol–water partition coefficient (Wildman–Crippen LogP) is 1.09. The van der Waals surface area contributed by atoms with Gasteiger partial charge < -0.3 is 15.5 Å². The van der Waals surface area contributed by atoms with Crippen molar-refractivity contribution >= 4 is 28.2 Å². The molecule has 0 aromatic carbocycles. The van der Waals surface area contributed by atoms with Crippen LogP contribution in [0.15, 0.2) is 11.4 Å². The molecule has 0 bridgehead atoms. The Morgan fingerprint density at radius 2 is 1.92 bits per heavy atom. The quantitative estimate of drug-likeness (QED) is 0.757. The molecule has 2 rings (SSSR count). The van der Waals surface area contributed by atoms with Crippen LogP contribution in [0.1, 0.15) is 25.8 Å². The van der Waals surface area contributed by atoms with Crippen molar-refractivity contribution in [2.45, 2.75) is 26.3 Å². The summed E-state index contributed by atoms with van der Waals surface area (Å²) in [4.78, 5) is 28.2. The second-order valence-corrected chi connectivity index (χ2v) is 7.33. The SMILES string of the molecule is CC(C)NC(=O)CN1CCN(CCC(=O)Nc2sccc2C#N)CC1. The van der Waals surface area contributed by atoms with Gasteiger partial charge in [0.25, 0.3) is 0 Å². The van der Waals surface area contributed by atoms with E-state index in [-0.39, 0.29) is 17.9 Å². The van der Waals surface area contributed by atoms with Gasteiger partial charge in [0.1, 0.15) is 11.1 Å². The highest BCUT2D eigenvalue weighted by atomic mass is 32.1. The zero-order valence-electron chi connectivity index (χ0n) is 14.7. The number of thiophene rings is 1. The zero-order chi connectivity index (χ0) is 18.2. The first-order valence-electron chi connectivity index (χ1n) is 8.49. The van der Waals surface area contributed by atoms with E-state index in [9.17, 15) is 9.59 Å². The van der Waals surface area contributed by atoms with E-state index in [1.54, 1.807) is 11.4 Å². The molecule has 136 valence electrons. The summed E-state index contributed by atoms with van der Waals surface area (Å²) < 4.78 is 0. The highest BCUT2D eigenvalue weighted by Gasteiger charge is 2.19. The Balaban J connectivity index is 1.66. The van der Waals surface area contributed by atoms with Gasteiger partial charge in [-0.15, -0.1) is 11.3 Å². The van der Waals surface area contributed by atoms with Gasteiger partial charge in [-0.05, 0) is 25.3 Å². The van der Waals surface area contributed by atoms with Crippen molar-refractivity contribution in [3.05, 3.63) is 17.0 Å². The fourth-order valence-corrected chi connectivity index (χ4v) is 3.44. The number of rotatable bonds is 7. The molecule has 2 amide bonds. The van der Waals surface area contributed by atoms with Crippen LogP contribution < -0.4 is 10.6 Å². The summed E-state index contributed by atoms with van der Waals surface area (Å²) in [6.07, 6.45) is 0.399. The van der Waals surface area contributed by atoms with Crippen molar-refractivity contribution < 1.29 is 9.59 Å². The standard InChI is InChI=1S/C17H25N5O2S/c1-13(2)19-16(24)12-22-8-6-21(7-9-22)5-3-15(23)20-17-14(11-18)4-10-25-17/h4,10,13H,3,5-9,12H2,1-2H3,(H,19,24)(H,20,23). The normalized spacial score (nSPS) is 15.8. The summed E-state index contributed by atoms with van der Waals surface area (Å²) in [6, 6.07) is 3.93. The van der Waals surface area contributed by atoms with E-state index >= 15 is 0 Å². The summed E-state index contributed by atoms with van der Waals surface area (Å²) in [6.45, 7) is 8.39. The first kappa shape index (κ1) is 19.4. The molecule has 0 saturated carbocycles. The number of carbonyl (C=O) groups is 2. The molecule has 7 nitrogen and oxygen atoms in total. The molecule has 25 heavy (non-hydrogen) atoms. The molecular weight excluding hydrogens is 338 g/mol. The highest BCUT2D eigenvalue weighted by Crippen LogP contribution is 2.22. The van der Waals surface area contributed by atoms with Gasteiger partial charge in [0.15, 0.2) is 0 Å². The lowest BCUT2D eigenvalue weighted by Gasteiger charge is -2.34. The van der Waals surface area contributed by atoms with Gasteiger partial charge in [0, 0.05) is 45.2 Å². The van der Waals surface area contributed by atoms with Crippen molar-refractivity contribution in [1.29, 1.82) is 5.26 Å². The molecule has 1 aliphatic rings. The zero-order valence-corrected chi connectivity index (χ0v) is 15.6. The van der Waals surface area contributed by atoms with Crippen LogP contribution in [-0.2, 0) is 9.59 Å². The van der Waals surface area contributed by atoms with Crippen molar-refractivity contribution in [3.8, 4) is 6.07 Å². The molecule has 1 saturated heterocycles. The Kier molecular flexibility index (Phi) is 7.37. The molecule has 0 radical (unpaired) electrons. The average molecular weight is 363 g/mol. The van der Waals surface area contributed by atoms with Crippen LogP contribution in [0.25, 0.3) is 0 Å². The van der Waals surface area contributed by atoms with E-state index in [0.717, 1.165) is 26.2 Å². The summed E-state index contributed by atoms with van der Waals surface area (Å²) in [5.74, 6) is -0.00948. The lowest BCUT2D eigenvalue weighted by Crippen LogP contribution is -2.50. The first-order chi connectivity index (χ1) is 12.0. The summed E-state index contributed by atoms with van der Waals surface area (Å²) in [5.41, 5.74) is 0.506. The van der Waals surface area contributed by atoms with Gasteiger partial charge in [0.2, 0.25) is 11.8 Å². The molecule has 1 fully saturated rings. The molecule has 0 unspecified atom stereocenters. The van der Waals surface area contributed by atoms with Crippen LogP contribution in [0.4, 0.5) is 5.00 Å². The molecule has 1 aromatic heterocycles. The Morgan fingerprint density at radius 3 is 2.56 bits per heavy atom. The lowest BCUT2D eigenvalue weighted by molar-refractivity contribution is -0.123. The molecule has 0 atom stereocenters. The Bertz CT molecular complexity index is 629. The van der Waals surface area contributed by atoms with Crippen molar-refractivity contribution in [2.24, 2.45) is 0 Å². The number of hydrogen-bond acceptors (Lipinski definition) is 6. The number of anilines is 1. The van der Waals surface area contributed by atoms with E-state index in [2.05, 4.69) is 26.5 Å². The van der Waals surface area contributed by atoms with Crippen molar-refractivity contribution in [2.75, 3.05) is 44.6 Å². The lowest BCUT2D eigenvalue weighted by atomic mass is 10.2. The minimum absolute atomic E-state index is 0.0621. The average Bonchev–Trinajstić information content (AvgIpc) is 3.00. The van der Waals surface area contributed by atoms with Crippen molar-refractivity contribution in [3.63, 3.8) is 0 Å². The number of nitriles is 1. The highest BCUT2D eigenvalue weighted by molar-refractivity contribution is 7.14. The number of amides is 2. The van der Waals surface area contributed by atoms with Gasteiger partial charge in [-0.1, -0.05) is 0 Å². The maximum Gasteiger partial charge on any atom is 0.234 e. The van der Waals surface area contributed by atoms with Gasteiger partial charge in [-0.25, -0.2) is 0 Å². The summed E-state index contributed by atoms with van der Waals surface area (Å²) in [7, 11) is 0. The molecule has 2 heterocycles. The predicted molar refractivity (Wildman–Crippen MR) is 98.4 cm³/mol. The topological polar surface area (TPSA) is 88.5 Å². The number of nitrogens with one attached hydrogen (secondary N) is 2. The largest absolute Gasteiger partial charge is 0.353 e. The van der Waals surface area contributed by atoms with E-state index in [1.165, 1.54) is 11.3 Å². The van der Waals surface area contributed by atoms with Crippen LogP contribution in [0.3, 0.4) is 0 Å². The summed E-state index contributed by atoms with van der Waals surface area (Å²) >= 11 is 1.36. The van der Waals surface area contributed by atoms with Gasteiger partial charge >= 0.3 is 0 Å². The number of hydrogen-bond donors (Lipinski definition) is 2. The van der Waals surface area contributed by atoms with Crippen LogP contribution in [0.2, 0.25) is 0 Å². The minimum Gasteiger partial charge on any atom is -0.353 e. The van der Waals surface area contributed by atoms with Crippen LogP contribution in [0.5, 0.6) is 0 Å². The fourth-order valence-electron chi connectivity index (χ4n) is 2.68. The van der Waals surface area contributed by atoms with Gasteiger partial charge in [0.05, 0.1) is 12.1 Å². The van der Waals surface area contributed by atoms with Crippen LogP contribution in [0, 0.1) is 11.3 Å². The molecule has 1 aromatic rings. The third-order valence-corrected chi connectivity index (χ3v) is 4.81. The molecule has 2 N–H and O–H groups in total. The van der Waals surface area contributed by atoms with Crippen molar-refractivity contribution in [1.82, 2.24) is 15.1 Å². The van der Waals surface area contributed by atoms with Gasteiger partial charge in [-0.3, -0.25) is 14.5 Å².